The summed E-state index contributed by atoms with van der Waals surface area (Å²) in [5, 5.41) is 2.05. The van der Waals surface area contributed by atoms with Crippen LogP contribution in [0.15, 0.2) is 11.5 Å². The van der Waals surface area contributed by atoms with E-state index in [1.54, 1.807) is 11.8 Å². The van der Waals surface area contributed by atoms with Gasteiger partial charge in [0.05, 0.1) is 6.54 Å². The number of nitrogens with zero attached hydrogens (tertiary/aromatic N) is 1. The standard InChI is InChI=1S/C11H19NS/c1-4-12(5-2)10-8-7-9-11-13-6-3/h9,11H,4-6,10H2,1-3H3/b11-9+. The molecule has 0 heterocycles. The monoisotopic (exact) mass is 197 g/mol. The molecule has 0 radical (unpaired) electrons. The fraction of sp³-hybridized carbons (Fsp3) is 0.636. The quantitative estimate of drug-likeness (QED) is 0.623. The van der Waals surface area contributed by atoms with E-state index in [-0.39, 0.29) is 0 Å². The van der Waals surface area contributed by atoms with Gasteiger partial charge >= 0.3 is 0 Å². The Morgan fingerprint density at radius 1 is 1.23 bits per heavy atom. The second-order valence-electron chi connectivity index (χ2n) is 2.54. The Balaban J connectivity index is 3.59. The molecule has 0 aliphatic heterocycles. The summed E-state index contributed by atoms with van der Waals surface area (Å²) in [6, 6.07) is 0. The molecular weight excluding hydrogens is 178 g/mol. The maximum atomic E-state index is 3.12. The topological polar surface area (TPSA) is 3.24 Å². The maximum Gasteiger partial charge on any atom is 0.0604 e. The molecule has 0 rings (SSSR count). The second-order valence-corrected chi connectivity index (χ2v) is 3.72. The van der Waals surface area contributed by atoms with Crippen LogP contribution in [0.1, 0.15) is 20.8 Å². The van der Waals surface area contributed by atoms with E-state index in [2.05, 4.69) is 42.9 Å². The molecule has 0 aliphatic rings. The van der Waals surface area contributed by atoms with E-state index in [9.17, 15) is 0 Å². The molecule has 0 atom stereocenters. The van der Waals surface area contributed by atoms with Crippen LogP contribution in [0.5, 0.6) is 0 Å². The first-order chi connectivity index (χ1) is 6.35. The van der Waals surface area contributed by atoms with Crippen molar-refractivity contribution in [2.75, 3.05) is 25.4 Å². The van der Waals surface area contributed by atoms with Crippen molar-refractivity contribution < 1.29 is 0 Å². The van der Waals surface area contributed by atoms with Crippen molar-refractivity contribution in [1.82, 2.24) is 4.90 Å². The van der Waals surface area contributed by atoms with Crippen LogP contribution in [0.2, 0.25) is 0 Å². The zero-order valence-corrected chi connectivity index (χ0v) is 9.66. The van der Waals surface area contributed by atoms with Gasteiger partial charge in [-0.15, -0.1) is 11.8 Å². The van der Waals surface area contributed by atoms with Crippen molar-refractivity contribution in [2.24, 2.45) is 0 Å². The van der Waals surface area contributed by atoms with E-state index in [0.29, 0.717) is 0 Å². The van der Waals surface area contributed by atoms with E-state index in [4.69, 9.17) is 0 Å². The van der Waals surface area contributed by atoms with Gasteiger partial charge in [-0.3, -0.25) is 4.90 Å². The normalized spacial score (nSPS) is 10.5. The molecule has 0 fully saturated rings. The van der Waals surface area contributed by atoms with Gasteiger partial charge in [0.1, 0.15) is 0 Å². The van der Waals surface area contributed by atoms with Crippen LogP contribution in [0.3, 0.4) is 0 Å². The minimum Gasteiger partial charge on any atom is -0.293 e. The first-order valence-corrected chi connectivity index (χ1v) is 5.87. The highest BCUT2D eigenvalue weighted by Crippen LogP contribution is 1.98. The third kappa shape index (κ3) is 7.95. The van der Waals surface area contributed by atoms with Gasteiger partial charge in [0, 0.05) is 0 Å². The molecule has 0 amide bonds. The van der Waals surface area contributed by atoms with E-state index in [0.717, 1.165) is 25.4 Å². The zero-order valence-electron chi connectivity index (χ0n) is 8.84. The lowest BCUT2D eigenvalue weighted by Gasteiger charge is -2.12. The van der Waals surface area contributed by atoms with Gasteiger partial charge in [0.2, 0.25) is 0 Å². The van der Waals surface area contributed by atoms with Gasteiger partial charge in [-0.2, -0.15) is 0 Å². The Morgan fingerprint density at radius 2 is 1.92 bits per heavy atom. The van der Waals surface area contributed by atoms with Crippen LogP contribution in [0, 0.1) is 11.8 Å². The molecule has 0 saturated heterocycles. The summed E-state index contributed by atoms with van der Waals surface area (Å²) in [4.78, 5) is 2.30. The van der Waals surface area contributed by atoms with Crippen LogP contribution >= 0.6 is 11.8 Å². The predicted molar refractivity (Wildman–Crippen MR) is 62.8 cm³/mol. The van der Waals surface area contributed by atoms with E-state index in [1.807, 2.05) is 6.08 Å². The van der Waals surface area contributed by atoms with Gasteiger partial charge in [-0.25, -0.2) is 0 Å². The van der Waals surface area contributed by atoms with Crippen molar-refractivity contribution in [3.05, 3.63) is 11.5 Å². The van der Waals surface area contributed by atoms with Crippen molar-refractivity contribution in [1.29, 1.82) is 0 Å². The number of thioether (sulfide) groups is 1. The van der Waals surface area contributed by atoms with Crippen LogP contribution in [0.4, 0.5) is 0 Å². The summed E-state index contributed by atoms with van der Waals surface area (Å²) in [5.74, 6) is 7.27. The molecule has 0 unspecified atom stereocenters. The van der Waals surface area contributed by atoms with Crippen LogP contribution in [0.25, 0.3) is 0 Å². The molecule has 0 aromatic rings. The number of allylic oxidation sites excluding steroid dienone is 1. The Morgan fingerprint density at radius 3 is 2.46 bits per heavy atom. The summed E-state index contributed by atoms with van der Waals surface area (Å²) >= 11 is 1.78. The molecule has 74 valence electrons. The summed E-state index contributed by atoms with van der Waals surface area (Å²) in [7, 11) is 0. The predicted octanol–water partition coefficient (Wildman–Crippen LogP) is 2.60. The molecule has 0 saturated carbocycles. The summed E-state index contributed by atoms with van der Waals surface area (Å²) in [6.45, 7) is 9.51. The minimum absolute atomic E-state index is 0.883. The number of hydrogen-bond donors (Lipinski definition) is 0. The highest BCUT2D eigenvalue weighted by molar-refractivity contribution is 8.02. The van der Waals surface area contributed by atoms with Crippen LogP contribution < -0.4 is 0 Å². The van der Waals surface area contributed by atoms with Crippen LogP contribution in [-0.4, -0.2) is 30.3 Å². The molecule has 13 heavy (non-hydrogen) atoms. The highest BCUT2D eigenvalue weighted by atomic mass is 32.2. The molecule has 0 aromatic heterocycles. The fourth-order valence-corrected chi connectivity index (χ4v) is 1.20. The van der Waals surface area contributed by atoms with Gasteiger partial charge in [-0.1, -0.05) is 32.6 Å². The van der Waals surface area contributed by atoms with Gasteiger partial charge < -0.3 is 0 Å². The molecule has 0 aliphatic carbocycles. The smallest absolute Gasteiger partial charge is 0.0604 e. The molecule has 0 N–H and O–H groups in total. The SMILES string of the molecule is CCS/C=C/C#CCN(CC)CC. The Labute approximate surface area is 86.6 Å². The molecule has 1 nitrogen and oxygen atoms in total. The summed E-state index contributed by atoms with van der Waals surface area (Å²) in [6.07, 6.45) is 1.93. The number of hydrogen-bond acceptors (Lipinski definition) is 2. The molecular formula is C11H19NS. The average molecular weight is 197 g/mol. The first-order valence-electron chi connectivity index (χ1n) is 4.82. The van der Waals surface area contributed by atoms with Gasteiger partial charge in [-0.05, 0) is 30.3 Å². The van der Waals surface area contributed by atoms with Gasteiger partial charge in [0.15, 0.2) is 0 Å². The largest absolute Gasteiger partial charge is 0.293 e. The third-order valence-electron chi connectivity index (χ3n) is 1.71. The lowest BCUT2D eigenvalue weighted by atomic mass is 10.4. The molecule has 2 heteroatoms. The summed E-state index contributed by atoms with van der Waals surface area (Å²) in [5.41, 5.74) is 0. The van der Waals surface area contributed by atoms with Gasteiger partial charge in [0.25, 0.3) is 0 Å². The Bertz CT molecular complexity index is 184. The third-order valence-corrected chi connectivity index (χ3v) is 2.38. The highest BCUT2D eigenvalue weighted by Gasteiger charge is 1.92. The summed E-state index contributed by atoms with van der Waals surface area (Å²) < 4.78 is 0. The van der Waals surface area contributed by atoms with Crippen LogP contribution in [-0.2, 0) is 0 Å². The van der Waals surface area contributed by atoms with Crippen molar-refractivity contribution in [2.45, 2.75) is 20.8 Å². The van der Waals surface area contributed by atoms with E-state index >= 15 is 0 Å². The van der Waals surface area contributed by atoms with E-state index in [1.165, 1.54) is 0 Å². The molecule has 0 bridgehead atoms. The number of rotatable bonds is 5. The zero-order chi connectivity index (χ0) is 9.94. The maximum absolute atomic E-state index is 3.12. The lowest BCUT2D eigenvalue weighted by Crippen LogP contribution is -2.22. The lowest BCUT2D eigenvalue weighted by molar-refractivity contribution is 0.342. The fourth-order valence-electron chi connectivity index (χ4n) is 0.842. The molecule has 0 spiro atoms. The minimum atomic E-state index is 0.883. The molecule has 0 aromatic carbocycles. The average Bonchev–Trinajstić information content (AvgIpc) is 2.17. The van der Waals surface area contributed by atoms with Crippen molar-refractivity contribution >= 4 is 11.8 Å². The Kier molecular flexibility index (Phi) is 9.41. The first kappa shape index (κ1) is 12.6. The van der Waals surface area contributed by atoms with E-state index < -0.39 is 0 Å². The second kappa shape index (κ2) is 9.70. The van der Waals surface area contributed by atoms with Crippen molar-refractivity contribution in [3.8, 4) is 11.8 Å². The Hall–Kier alpha value is -0.390. The van der Waals surface area contributed by atoms with Crippen molar-refractivity contribution in [3.63, 3.8) is 0 Å².